The van der Waals surface area contributed by atoms with E-state index >= 15 is 0 Å². The number of halogens is 1. The lowest BCUT2D eigenvalue weighted by Gasteiger charge is -2.07. The van der Waals surface area contributed by atoms with Gasteiger partial charge in [-0.25, -0.2) is 4.98 Å². The molecule has 1 amide bonds. The van der Waals surface area contributed by atoms with Crippen molar-refractivity contribution in [2.75, 3.05) is 5.32 Å². The number of hydrogen-bond donors (Lipinski definition) is 1. The molecule has 2 heterocycles. The minimum Gasteiger partial charge on any atom is -0.324 e. The Balaban J connectivity index is 1.61. The highest BCUT2D eigenvalue weighted by Crippen LogP contribution is 2.26. The van der Waals surface area contributed by atoms with Crippen LogP contribution in [-0.2, 0) is 11.3 Å². The van der Waals surface area contributed by atoms with Crippen LogP contribution < -0.4 is 10.9 Å². The summed E-state index contributed by atoms with van der Waals surface area (Å²) in [5, 5.41) is 3.23. The standard InChI is InChI=1S/C19H13ClN4O2S/c20-13-7-4-8-14(9-13)22-15(25)10-24-11-21-17-16(12-5-2-1-3-6-12)23-27-18(17)19(24)26/h1-9,11H,10H2,(H,22,25). The fraction of sp³-hybridized carbons (Fsp3) is 0.0526. The average Bonchev–Trinajstić information content (AvgIpc) is 3.09. The predicted molar refractivity (Wildman–Crippen MR) is 107 cm³/mol. The fourth-order valence-electron chi connectivity index (χ4n) is 2.68. The largest absolute Gasteiger partial charge is 0.324 e. The molecule has 27 heavy (non-hydrogen) atoms. The highest BCUT2D eigenvalue weighted by Gasteiger charge is 2.15. The number of aromatic nitrogens is 3. The van der Waals surface area contributed by atoms with E-state index in [1.165, 1.54) is 10.9 Å². The fourth-order valence-corrected chi connectivity index (χ4v) is 3.67. The Morgan fingerprint density at radius 3 is 2.74 bits per heavy atom. The van der Waals surface area contributed by atoms with E-state index in [2.05, 4.69) is 14.7 Å². The molecule has 0 aliphatic heterocycles. The lowest BCUT2D eigenvalue weighted by atomic mass is 10.1. The summed E-state index contributed by atoms with van der Waals surface area (Å²) in [5.74, 6) is -0.340. The number of hydrogen-bond acceptors (Lipinski definition) is 5. The maximum absolute atomic E-state index is 12.7. The third-order valence-corrected chi connectivity index (χ3v) is 4.98. The minimum atomic E-state index is -0.340. The van der Waals surface area contributed by atoms with Crippen LogP contribution >= 0.6 is 23.1 Å². The third-order valence-electron chi connectivity index (χ3n) is 3.92. The lowest BCUT2D eigenvalue weighted by molar-refractivity contribution is -0.116. The second-order valence-corrected chi connectivity index (χ2v) is 7.02. The van der Waals surface area contributed by atoms with Crippen LogP contribution in [0.4, 0.5) is 5.69 Å². The topological polar surface area (TPSA) is 76.9 Å². The van der Waals surface area contributed by atoms with Crippen molar-refractivity contribution in [3.05, 3.63) is 76.3 Å². The number of amides is 1. The van der Waals surface area contributed by atoms with Gasteiger partial charge in [-0.15, -0.1) is 0 Å². The molecule has 2 aromatic heterocycles. The molecule has 0 saturated heterocycles. The first-order chi connectivity index (χ1) is 13.1. The molecule has 0 aliphatic carbocycles. The van der Waals surface area contributed by atoms with Crippen LogP contribution in [0.3, 0.4) is 0 Å². The number of carbonyl (C=O) groups is 1. The number of rotatable bonds is 4. The Morgan fingerprint density at radius 2 is 1.96 bits per heavy atom. The van der Waals surface area contributed by atoms with E-state index in [0.29, 0.717) is 26.6 Å². The van der Waals surface area contributed by atoms with Crippen LogP contribution in [-0.4, -0.2) is 19.8 Å². The van der Waals surface area contributed by atoms with Gasteiger partial charge in [-0.05, 0) is 29.7 Å². The molecule has 0 atom stereocenters. The summed E-state index contributed by atoms with van der Waals surface area (Å²) in [6.07, 6.45) is 1.38. The van der Waals surface area contributed by atoms with Gasteiger partial charge in [-0.3, -0.25) is 14.2 Å². The van der Waals surface area contributed by atoms with Gasteiger partial charge >= 0.3 is 0 Å². The van der Waals surface area contributed by atoms with Gasteiger partial charge in [0.2, 0.25) is 5.91 Å². The van der Waals surface area contributed by atoms with Gasteiger partial charge in [-0.2, -0.15) is 4.37 Å². The summed E-state index contributed by atoms with van der Waals surface area (Å²) in [7, 11) is 0. The third kappa shape index (κ3) is 3.60. The maximum Gasteiger partial charge on any atom is 0.273 e. The SMILES string of the molecule is O=C(Cn1cnc2c(-c3ccccc3)nsc2c1=O)Nc1cccc(Cl)c1. The maximum atomic E-state index is 12.7. The van der Waals surface area contributed by atoms with Gasteiger partial charge in [0.1, 0.15) is 22.5 Å². The van der Waals surface area contributed by atoms with Crippen LogP contribution in [0, 0.1) is 0 Å². The van der Waals surface area contributed by atoms with Gasteiger partial charge in [0.05, 0.1) is 6.33 Å². The molecule has 0 bridgehead atoms. The average molecular weight is 397 g/mol. The molecule has 134 valence electrons. The number of benzene rings is 2. The van der Waals surface area contributed by atoms with Crippen LogP contribution in [0.2, 0.25) is 5.02 Å². The first-order valence-electron chi connectivity index (χ1n) is 8.07. The molecule has 0 fully saturated rings. The van der Waals surface area contributed by atoms with E-state index in [9.17, 15) is 9.59 Å². The van der Waals surface area contributed by atoms with Crippen molar-refractivity contribution in [3.63, 3.8) is 0 Å². The lowest BCUT2D eigenvalue weighted by Crippen LogP contribution is -2.27. The van der Waals surface area contributed by atoms with E-state index in [4.69, 9.17) is 11.6 Å². The normalized spacial score (nSPS) is 10.9. The van der Waals surface area contributed by atoms with E-state index in [0.717, 1.165) is 17.1 Å². The Kier molecular flexibility index (Phi) is 4.70. The number of carbonyl (C=O) groups excluding carboxylic acids is 1. The van der Waals surface area contributed by atoms with E-state index in [1.54, 1.807) is 24.3 Å². The van der Waals surface area contributed by atoms with Crippen molar-refractivity contribution in [1.29, 1.82) is 0 Å². The molecule has 1 N–H and O–H groups in total. The molecule has 4 aromatic rings. The van der Waals surface area contributed by atoms with Gasteiger partial charge in [0, 0.05) is 16.3 Å². The van der Waals surface area contributed by atoms with Crippen molar-refractivity contribution in [1.82, 2.24) is 13.9 Å². The van der Waals surface area contributed by atoms with Crippen molar-refractivity contribution in [3.8, 4) is 11.3 Å². The Bertz CT molecular complexity index is 1190. The molecule has 0 spiro atoms. The second kappa shape index (κ2) is 7.30. The molecule has 0 radical (unpaired) electrons. The van der Waals surface area contributed by atoms with E-state index in [1.807, 2.05) is 30.3 Å². The van der Waals surface area contributed by atoms with Crippen LogP contribution in [0.25, 0.3) is 21.5 Å². The zero-order valence-corrected chi connectivity index (χ0v) is 15.5. The van der Waals surface area contributed by atoms with Gasteiger partial charge < -0.3 is 5.32 Å². The minimum absolute atomic E-state index is 0.146. The highest BCUT2D eigenvalue weighted by atomic mass is 35.5. The number of fused-ring (bicyclic) bond motifs is 1. The quantitative estimate of drug-likeness (QED) is 0.569. The van der Waals surface area contributed by atoms with Crippen LogP contribution in [0.5, 0.6) is 0 Å². The van der Waals surface area contributed by atoms with Gasteiger partial charge in [0.25, 0.3) is 5.56 Å². The van der Waals surface area contributed by atoms with E-state index < -0.39 is 0 Å². The summed E-state index contributed by atoms with van der Waals surface area (Å²) in [6.45, 7) is -0.146. The van der Waals surface area contributed by atoms with Crippen LogP contribution in [0.1, 0.15) is 0 Å². The molecule has 0 unspecified atom stereocenters. The summed E-state index contributed by atoms with van der Waals surface area (Å²) < 4.78 is 6.07. The molecule has 0 aliphatic rings. The number of nitrogens with one attached hydrogen (secondary N) is 1. The summed E-state index contributed by atoms with van der Waals surface area (Å²) in [4.78, 5) is 29.3. The second-order valence-electron chi connectivity index (χ2n) is 5.81. The molecule has 8 heteroatoms. The molecule has 6 nitrogen and oxygen atoms in total. The van der Waals surface area contributed by atoms with Crippen LogP contribution in [0.15, 0.2) is 65.7 Å². The Morgan fingerprint density at radius 1 is 1.15 bits per heavy atom. The first kappa shape index (κ1) is 17.4. The summed E-state index contributed by atoms with van der Waals surface area (Å²) in [6, 6.07) is 16.4. The monoisotopic (exact) mass is 396 g/mol. The smallest absolute Gasteiger partial charge is 0.273 e. The van der Waals surface area contributed by atoms with Crippen molar-refractivity contribution in [2.45, 2.75) is 6.54 Å². The zero-order valence-electron chi connectivity index (χ0n) is 13.9. The molecular weight excluding hydrogens is 384 g/mol. The van der Waals surface area contributed by atoms with Crippen molar-refractivity contribution < 1.29 is 4.79 Å². The number of anilines is 1. The highest BCUT2D eigenvalue weighted by molar-refractivity contribution is 7.13. The molecule has 2 aromatic carbocycles. The summed E-state index contributed by atoms with van der Waals surface area (Å²) >= 11 is 7.00. The number of nitrogens with zero attached hydrogens (tertiary/aromatic N) is 3. The molecule has 0 saturated carbocycles. The van der Waals surface area contributed by atoms with E-state index in [-0.39, 0.29) is 18.0 Å². The Hall–Kier alpha value is -3.03. The molecule has 4 rings (SSSR count). The van der Waals surface area contributed by atoms with Gasteiger partial charge in [-0.1, -0.05) is 48.0 Å². The molecular formula is C19H13ClN4O2S. The zero-order chi connectivity index (χ0) is 18.8. The Labute approximate surface area is 163 Å². The first-order valence-corrected chi connectivity index (χ1v) is 9.22. The predicted octanol–water partition coefficient (Wildman–Crippen LogP) is 3.81. The van der Waals surface area contributed by atoms with Crippen molar-refractivity contribution in [2.24, 2.45) is 0 Å². The van der Waals surface area contributed by atoms with Crippen molar-refractivity contribution >= 4 is 44.9 Å². The van der Waals surface area contributed by atoms with Gasteiger partial charge in [0.15, 0.2) is 0 Å². The summed E-state index contributed by atoms with van der Waals surface area (Å²) in [5.41, 5.74) is 2.39.